The summed E-state index contributed by atoms with van der Waals surface area (Å²) in [6.07, 6.45) is 6.18. The van der Waals surface area contributed by atoms with Gasteiger partial charge in [0, 0.05) is 31.0 Å². The molecule has 0 bridgehead atoms. The first-order chi connectivity index (χ1) is 13.2. The van der Waals surface area contributed by atoms with Gasteiger partial charge in [-0.15, -0.1) is 0 Å². The summed E-state index contributed by atoms with van der Waals surface area (Å²) in [5.74, 6) is -0.366. The third-order valence-electron chi connectivity index (χ3n) is 4.41. The second-order valence-corrected chi connectivity index (χ2v) is 6.30. The van der Waals surface area contributed by atoms with E-state index in [4.69, 9.17) is 0 Å². The monoisotopic (exact) mass is 361 g/mol. The van der Waals surface area contributed by atoms with Gasteiger partial charge in [-0.3, -0.25) is 9.59 Å². The van der Waals surface area contributed by atoms with Gasteiger partial charge in [-0.2, -0.15) is 0 Å². The van der Waals surface area contributed by atoms with Crippen LogP contribution in [-0.2, 0) is 6.54 Å². The minimum atomic E-state index is -0.199. The van der Waals surface area contributed by atoms with Crippen molar-refractivity contribution < 1.29 is 9.59 Å². The van der Waals surface area contributed by atoms with Crippen LogP contribution in [0.25, 0.3) is 0 Å². The second-order valence-electron chi connectivity index (χ2n) is 6.30. The molecule has 7 nitrogen and oxygen atoms in total. The molecule has 0 unspecified atom stereocenters. The first-order valence-electron chi connectivity index (χ1n) is 8.76. The molecule has 1 aliphatic heterocycles. The molecule has 2 aromatic carbocycles. The van der Waals surface area contributed by atoms with Gasteiger partial charge in [-0.25, -0.2) is 4.98 Å². The molecule has 27 heavy (non-hydrogen) atoms. The summed E-state index contributed by atoms with van der Waals surface area (Å²) >= 11 is 0. The summed E-state index contributed by atoms with van der Waals surface area (Å²) in [5.41, 5.74) is 3.15. The summed E-state index contributed by atoms with van der Waals surface area (Å²) in [6, 6.07) is 12.5. The molecule has 0 fully saturated rings. The lowest BCUT2D eigenvalue weighted by Gasteiger charge is -2.11. The molecule has 3 N–H and O–H groups in total. The molecule has 4 rings (SSSR count). The van der Waals surface area contributed by atoms with Gasteiger partial charge < -0.3 is 20.5 Å². The Labute approximate surface area is 156 Å². The Kier molecular flexibility index (Phi) is 4.57. The van der Waals surface area contributed by atoms with Gasteiger partial charge >= 0.3 is 0 Å². The van der Waals surface area contributed by atoms with Crippen LogP contribution in [0, 0.1) is 0 Å². The van der Waals surface area contributed by atoms with Crippen molar-refractivity contribution in [1.82, 2.24) is 14.9 Å². The predicted octanol–water partition coefficient (Wildman–Crippen LogP) is 3.01. The first-order valence-corrected chi connectivity index (χ1v) is 8.76. The molecule has 0 aliphatic carbocycles. The van der Waals surface area contributed by atoms with E-state index in [0.29, 0.717) is 23.4 Å². The molecule has 7 heteroatoms. The minimum Gasteiger partial charge on any atom is -0.353 e. The number of hydrogen-bond acceptors (Lipinski definition) is 4. The van der Waals surface area contributed by atoms with Gasteiger partial charge in [-0.1, -0.05) is 12.1 Å². The largest absolute Gasteiger partial charge is 0.353 e. The fourth-order valence-corrected chi connectivity index (χ4v) is 3.01. The highest BCUT2D eigenvalue weighted by atomic mass is 16.2. The lowest BCUT2D eigenvalue weighted by molar-refractivity contribution is 0.0951. The molecule has 0 saturated heterocycles. The highest BCUT2D eigenvalue weighted by Gasteiger charge is 2.19. The Morgan fingerprint density at radius 3 is 2.81 bits per heavy atom. The Bertz CT molecular complexity index is 982. The summed E-state index contributed by atoms with van der Waals surface area (Å²) in [6.45, 7) is 1.35. The maximum absolute atomic E-state index is 12.4. The zero-order valence-electron chi connectivity index (χ0n) is 14.6. The van der Waals surface area contributed by atoms with Crippen molar-refractivity contribution in [1.29, 1.82) is 0 Å². The fraction of sp³-hybridized carbons (Fsp3) is 0.150. The molecule has 1 aromatic heterocycles. The molecule has 2 heterocycles. The molecule has 0 atom stereocenters. The van der Waals surface area contributed by atoms with Crippen molar-refractivity contribution in [2.75, 3.05) is 17.2 Å². The van der Waals surface area contributed by atoms with Crippen molar-refractivity contribution >= 4 is 28.9 Å². The van der Waals surface area contributed by atoms with E-state index in [-0.39, 0.29) is 11.8 Å². The van der Waals surface area contributed by atoms with Gasteiger partial charge in [0.25, 0.3) is 11.8 Å². The van der Waals surface area contributed by atoms with Gasteiger partial charge in [0.1, 0.15) is 0 Å². The van der Waals surface area contributed by atoms with Gasteiger partial charge in [0.15, 0.2) is 0 Å². The molecule has 0 saturated carbocycles. The van der Waals surface area contributed by atoms with Crippen molar-refractivity contribution in [3.05, 3.63) is 72.3 Å². The van der Waals surface area contributed by atoms with Crippen LogP contribution in [0.2, 0.25) is 0 Å². The molecule has 0 radical (unpaired) electrons. The van der Waals surface area contributed by atoms with Crippen LogP contribution in [0.1, 0.15) is 27.1 Å². The van der Waals surface area contributed by atoms with Crippen LogP contribution < -0.4 is 16.0 Å². The third-order valence-corrected chi connectivity index (χ3v) is 4.41. The molecule has 3 aromatic rings. The number of benzene rings is 2. The maximum atomic E-state index is 12.4. The van der Waals surface area contributed by atoms with Crippen molar-refractivity contribution in [2.45, 2.75) is 13.0 Å². The van der Waals surface area contributed by atoms with Gasteiger partial charge in [-0.05, 0) is 36.8 Å². The van der Waals surface area contributed by atoms with Crippen molar-refractivity contribution in [3.8, 4) is 0 Å². The molecular weight excluding hydrogens is 342 g/mol. The number of amides is 2. The number of aromatic nitrogens is 2. The molecule has 2 amide bonds. The van der Waals surface area contributed by atoms with Gasteiger partial charge in [0.2, 0.25) is 0 Å². The van der Waals surface area contributed by atoms with Crippen LogP contribution in [0.3, 0.4) is 0 Å². The van der Waals surface area contributed by atoms with Crippen LogP contribution >= 0.6 is 0 Å². The fourth-order valence-electron chi connectivity index (χ4n) is 3.01. The Morgan fingerprint density at radius 1 is 1.07 bits per heavy atom. The van der Waals surface area contributed by atoms with Crippen LogP contribution in [0.4, 0.5) is 17.1 Å². The van der Waals surface area contributed by atoms with Crippen LogP contribution in [0.15, 0.2) is 61.2 Å². The highest BCUT2D eigenvalue weighted by Crippen LogP contribution is 2.32. The number of rotatable bonds is 5. The average Bonchev–Trinajstić information content (AvgIpc) is 3.15. The van der Waals surface area contributed by atoms with E-state index in [1.54, 1.807) is 36.8 Å². The number of nitrogens with one attached hydrogen (secondary N) is 3. The number of nitrogens with zero attached hydrogens (tertiary/aromatic N) is 2. The third kappa shape index (κ3) is 3.67. The van der Waals surface area contributed by atoms with E-state index >= 15 is 0 Å². The Morgan fingerprint density at radius 2 is 1.96 bits per heavy atom. The SMILES string of the molecule is O=C(NCCCn1ccnc1)c1ccc2c(c1)NC(=O)c1ccccc1N2. The number of aryl methyl sites for hydroxylation is 1. The number of anilines is 3. The topological polar surface area (TPSA) is 88.1 Å². The molecular formula is C20H19N5O2. The van der Waals surface area contributed by atoms with E-state index in [1.807, 2.05) is 29.0 Å². The summed E-state index contributed by atoms with van der Waals surface area (Å²) in [4.78, 5) is 28.8. The average molecular weight is 361 g/mol. The van der Waals surface area contributed by atoms with Crippen LogP contribution in [0.5, 0.6) is 0 Å². The Hall–Kier alpha value is -3.61. The predicted molar refractivity (Wildman–Crippen MR) is 103 cm³/mol. The number of hydrogen-bond donors (Lipinski definition) is 3. The highest BCUT2D eigenvalue weighted by molar-refractivity contribution is 6.12. The number of para-hydroxylation sites is 1. The molecule has 136 valence electrons. The number of imidazole rings is 1. The zero-order chi connectivity index (χ0) is 18.6. The van der Waals surface area contributed by atoms with E-state index in [0.717, 1.165) is 24.3 Å². The first kappa shape index (κ1) is 16.8. The zero-order valence-corrected chi connectivity index (χ0v) is 14.6. The maximum Gasteiger partial charge on any atom is 0.257 e. The summed E-state index contributed by atoms with van der Waals surface area (Å²) in [7, 11) is 0. The lowest BCUT2D eigenvalue weighted by Crippen LogP contribution is -2.25. The summed E-state index contributed by atoms with van der Waals surface area (Å²) in [5, 5.41) is 9.02. The normalized spacial score (nSPS) is 12.2. The molecule has 0 spiro atoms. The van der Waals surface area contributed by atoms with Crippen molar-refractivity contribution in [2.24, 2.45) is 0 Å². The van der Waals surface area contributed by atoms with Gasteiger partial charge in [0.05, 0.1) is 29.0 Å². The standard InChI is InChI=1S/C20H19N5O2/c26-19(22-8-3-10-25-11-9-21-13-25)14-6-7-17-18(12-14)24-20(27)15-4-1-2-5-16(15)23-17/h1-2,4-7,9,11-13,23H,3,8,10H2,(H,22,26)(H,24,27). The van der Waals surface area contributed by atoms with Crippen LogP contribution in [-0.4, -0.2) is 27.9 Å². The lowest BCUT2D eigenvalue weighted by atomic mass is 10.1. The van der Waals surface area contributed by atoms with E-state index in [1.165, 1.54) is 0 Å². The quantitative estimate of drug-likeness (QED) is 0.610. The van der Waals surface area contributed by atoms with E-state index in [2.05, 4.69) is 20.9 Å². The second kappa shape index (κ2) is 7.33. The number of carbonyl (C=O) groups is 2. The van der Waals surface area contributed by atoms with E-state index in [9.17, 15) is 9.59 Å². The minimum absolute atomic E-state index is 0.167. The summed E-state index contributed by atoms with van der Waals surface area (Å²) < 4.78 is 1.97. The number of fused-ring (bicyclic) bond motifs is 2. The Balaban J connectivity index is 1.43. The van der Waals surface area contributed by atoms with E-state index < -0.39 is 0 Å². The smallest absolute Gasteiger partial charge is 0.257 e. The van der Waals surface area contributed by atoms with Crippen molar-refractivity contribution in [3.63, 3.8) is 0 Å². The molecule has 1 aliphatic rings. The number of carbonyl (C=O) groups excluding carboxylic acids is 2.